The number of amides is 1. The van der Waals surface area contributed by atoms with Crippen LogP contribution in [0.25, 0.3) is 11.1 Å². The third kappa shape index (κ3) is 3.24. The van der Waals surface area contributed by atoms with Crippen LogP contribution in [0, 0.1) is 13.8 Å². The van der Waals surface area contributed by atoms with Crippen molar-refractivity contribution in [3.8, 4) is 0 Å². The molecule has 0 radical (unpaired) electrons. The summed E-state index contributed by atoms with van der Waals surface area (Å²) in [6.45, 7) is 4.13. The van der Waals surface area contributed by atoms with Gasteiger partial charge in [0.05, 0.1) is 6.26 Å². The van der Waals surface area contributed by atoms with E-state index in [9.17, 15) is 4.79 Å². The van der Waals surface area contributed by atoms with E-state index in [4.69, 9.17) is 8.83 Å². The summed E-state index contributed by atoms with van der Waals surface area (Å²) in [5.74, 6) is 0.691. The quantitative estimate of drug-likeness (QED) is 0.572. The topological polar surface area (TPSA) is 68.3 Å². The van der Waals surface area contributed by atoms with Crippen molar-refractivity contribution in [2.45, 2.75) is 20.3 Å². The zero-order valence-corrected chi connectivity index (χ0v) is 14.6. The maximum atomic E-state index is 12.0. The molecule has 0 bridgehead atoms. The van der Waals surface area contributed by atoms with Crippen molar-refractivity contribution in [3.63, 3.8) is 0 Å². The molecule has 0 aliphatic carbocycles. The van der Waals surface area contributed by atoms with Gasteiger partial charge in [-0.2, -0.15) is 0 Å². The van der Waals surface area contributed by atoms with Crippen molar-refractivity contribution < 1.29 is 13.6 Å². The van der Waals surface area contributed by atoms with Crippen molar-refractivity contribution in [2.75, 3.05) is 5.32 Å². The highest BCUT2D eigenvalue weighted by molar-refractivity contribution is 6.02. The van der Waals surface area contributed by atoms with Gasteiger partial charge in [0, 0.05) is 12.1 Å². The summed E-state index contributed by atoms with van der Waals surface area (Å²) in [7, 11) is 0. The van der Waals surface area contributed by atoms with Crippen LogP contribution in [0.4, 0.5) is 5.69 Å². The van der Waals surface area contributed by atoms with E-state index >= 15 is 0 Å². The van der Waals surface area contributed by atoms with Gasteiger partial charge >= 0.3 is 0 Å². The fourth-order valence-electron chi connectivity index (χ4n) is 2.78. The highest BCUT2D eigenvalue weighted by Gasteiger charge is 2.10. The van der Waals surface area contributed by atoms with Gasteiger partial charge < -0.3 is 14.2 Å². The first-order valence-electron chi connectivity index (χ1n) is 8.39. The number of fused-ring (bicyclic) bond motifs is 1. The first kappa shape index (κ1) is 16.1. The normalized spacial score (nSPS) is 11.0. The molecule has 2 aromatic heterocycles. The van der Waals surface area contributed by atoms with Gasteiger partial charge in [0.15, 0.2) is 17.2 Å². The molecule has 0 unspecified atom stereocenters. The summed E-state index contributed by atoms with van der Waals surface area (Å²) in [4.78, 5) is 16.5. The molecule has 5 heteroatoms. The number of furan rings is 1. The lowest BCUT2D eigenvalue weighted by Gasteiger charge is -2.04. The van der Waals surface area contributed by atoms with E-state index in [1.807, 2.05) is 36.4 Å². The molecule has 0 spiro atoms. The Labute approximate surface area is 150 Å². The first-order chi connectivity index (χ1) is 12.6. The van der Waals surface area contributed by atoms with Gasteiger partial charge in [0.1, 0.15) is 5.52 Å². The van der Waals surface area contributed by atoms with E-state index in [0.717, 1.165) is 16.7 Å². The van der Waals surface area contributed by atoms with E-state index in [0.29, 0.717) is 18.0 Å². The molecule has 5 nitrogen and oxygen atoms in total. The summed E-state index contributed by atoms with van der Waals surface area (Å²) in [6, 6.07) is 15.0. The van der Waals surface area contributed by atoms with Crippen molar-refractivity contribution in [1.29, 1.82) is 0 Å². The van der Waals surface area contributed by atoms with Crippen LogP contribution in [0.1, 0.15) is 33.1 Å². The molecule has 26 heavy (non-hydrogen) atoms. The number of hydrogen-bond donors (Lipinski definition) is 1. The Bertz CT molecular complexity index is 1020. The van der Waals surface area contributed by atoms with Gasteiger partial charge in [-0.15, -0.1) is 0 Å². The Morgan fingerprint density at radius 1 is 1.08 bits per heavy atom. The Kier molecular flexibility index (Phi) is 4.05. The zero-order chi connectivity index (χ0) is 18.1. The molecule has 4 aromatic rings. The van der Waals surface area contributed by atoms with Gasteiger partial charge in [0.25, 0.3) is 5.91 Å². The Balaban J connectivity index is 1.48. The Hall–Kier alpha value is -3.34. The zero-order valence-electron chi connectivity index (χ0n) is 14.6. The molecule has 0 saturated heterocycles. The maximum Gasteiger partial charge on any atom is 0.291 e. The van der Waals surface area contributed by atoms with Crippen LogP contribution in [-0.2, 0) is 6.42 Å². The third-order valence-corrected chi connectivity index (χ3v) is 4.36. The van der Waals surface area contributed by atoms with Gasteiger partial charge in [-0.3, -0.25) is 4.79 Å². The minimum Gasteiger partial charge on any atom is -0.459 e. The minimum absolute atomic E-state index is 0.271. The van der Waals surface area contributed by atoms with E-state index in [1.165, 1.54) is 17.4 Å². The lowest BCUT2D eigenvalue weighted by molar-refractivity contribution is 0.0996. The number of nitrogens with zero attached hydrogens (tertiary/aromatic N) is 1. The van der Waals surface area contributed by atoms with Gasteiger partial charge in [-0.1, -0.05) is 12.1 Å². The Morgan fingerprint density at radius 3 is 2.58 bits per heavy atom. The minimum atomic E-state index is -0.271. The van der Waals surface area contributed by atoms with Crippen molar-refractivity contribution >= 4 is 22.7 Å². The molecule has 0 fully saturated rings. The molecule has 1 N–H and O–H groups in total. The SMILES string of the molecule is Cc1cc2nc(Cc3ccc(NC(=O)c4ccco4)cc3)oc2cc1C. The lowest BCUT2D eigenvalue weighted by Crippen LogP contribution is -2.10. The highest BCUT2D eigenvalue weighted by atomic mass is 16.3. The fraction of sp³-hybridized carbons (Fsp3) is 0.143. The molecule has 4 rings (SSSR count). The standard InChI is InChI=1S/C21H18N2O3/c1-13-10-17-19(11-14(13)2)26-20(23-17)12-15-5-7-16(8-6-15)22-21(24)18-4-3-9-25-18/h3-11H,12H2,1-2H3,(H,22,24). The van der Waals surface area contributed by atoms with Crippen molar-refractivity contribution in [1.82, 2.24) is 4.98 Å². The molecule has 1 amide bonds. The smallest absolute Gasteiger partial charge is 0.291 e. The van der Waals surface area contributed by atoms with Crippen LogP contribution in [0.2, 0.25) is 0 Å². The van der Waals surface area contributed by atoms with E-state index in [1.54, 1.807) is 12.1 Å². The summed E-state index contributed by atoms with van der Waals surface area (Å²) in [5.41, 5.74) is 5.85. The fourth-order valence-corrected chi connectivity index (χ4v) is 2.78. The lowest BCUT2D eigenvalue weighted by atomic mass is 10.1. The molecule has 2 heterocycles. The monoisotopic (exact) mass is 346 g/mol. The molecule has 0 aliphatic rings. The summed E-state index contributed by atoms with van der Waals surface area (Å²) in [6.07, 6.45) is 2.07. The molecule has 0 atom stereocenters. The molecule has 0 aliphatic heterocycles. The third-order valence-electron chi connectivity index (χ3n) is 4.36. The number of carbonyl (C=O) groups excluding carboxylic acids is 1. The van der Waals surface area contributed by atoms with Crippen LogP contribution in [-0.4, -0.2) is 10.9 Å². The summed E-state index contributed by atoms with van der Waals surface area (Å²) in [5, 5.41) is 2.80. The van der Waals surface area contributed by atoms with Crippen LogP contribution in [0.3, 0.4) is 0 Å². The predicted octanol–water partition coefficient (Wildman–Crippen LogP) is 4.88. The number of benzene rings is 2. The first-order valence-corrected chi connectivity index (χ1v) is 8.39. The largest absolute Gasteiger partial charge is 0.459 e. The molecule has 0 saturated carbocycles. The van der Waals surface area contributed by atoms with Gasteiger partial charge in [-0.25, -0.2) is 4.98 Å². The number of anilines is 1. The average Bonchev–Trinajstić information content (AvgIpc) is 3.27. The molecule has 130 valence electrons. The number of hydrogen-bond acceptors (Lipinski definition) is 4. The van der Waals surface area contributed by atoms with E-state index in [-0.39, 0.29) is 11.7 Å². The van der Waals surface area contributed by atoms with E-state index in [2.05, 4.69) is 24.1 Å². The Morgan fingerprint density at radius 2 is 1.85 bits per heavy atom. The molecular weight excluding hydrogens is 328 g/mol. The number of rotatable bonds is 4. The van der Waals surface area contributed by atoms with Crippen molar-refractivity contribution in [2.24, 2.45) is 0 Å². The van der Waals surface area contributed by atoms with Crippen LogP contribution < -0.4 is 5.32 Å². The summed E-state index contributed by atoms with van der Waals surface area (Å²) >= 11 is 0. The van der Waals surface area contributed by atoms with Gasteiger partial charge in [-0.05, 0) is 66.9 Å². The van der Waals surface area contributed by atoms with Crippen LogP contribution >= 0.6 is 0 Å². The molecule has 2 aromatic carbocycles. The van der Waals surface area contributed by atoms with Crippen LogP contribution in [0.15, 0.2) is 63.6 Å². The second kappa shape index (κ2) is 6.52. The van der Waals surface area contributed by atoms with Crippen LogP contribution in [0.5, 0.6) is 0 Å². The predicted molar refractivity (Wildman–Crippen MR) is 99.4 cm³/mol. The maximum absolute atomic E-state index is 12.0. The number of carbonyl (C=O) groups is 1. The number of nitrogens with one attached hydrogen (secondary N) is 1. The van der Waals surface area contributed by atoms with Gasteiger partial charge in [0.2, 0.25) is 0 Å². The molecular formula is C21H18N2O3. The average molecular weight is 346 g/mol. The van der Waals surface area contributed by atoms with Crippen molar-refractivity contribution in [3.05, 3.63) is 83.1 Å². The number of oxazole rings is 1. The second-order valence-corrected chi connectivity index (χ2v) is 6.32. The number of aryl methyl sites for hydroxylation is 2. The number of aromatic nitrogens is 1. The van der Waals surface area contributed by atoms with E-state index < -0.39 is 0 Å². The highest BCUT2D eigenvalue weighted by Crippen LogP contribution is 2.22. The summed E-state index contributed by atoms with van der Waals surface area (Å²) < 4.78 is 10.9. The second-order valence-electron chi connectivity index (χ2n) is 6.32.